The van der Waals surface area contributed by atoms with Crippen molar-refractivity contribution in [2.24, 2.45) is 5.73 Å². The van der Waals surface area contributed by atoms with Crippen LogP contribution in [0.15, 0.2) is 83.8 Å². The van der Waals surface area contributed by atoms with Gasteiger partial charge in [-0.1, -0.05) is 60.7 Å². The van der Waals surface area contributed by atoms with Gasteiger partial charge in [-0.05, 0) is 29.2 Å². The predicted molar refractivity (Wildman–Crippen MR) is 94.4 cm³/mol. The maximum absolute atomic E-state index is 12.0. The summed E-state index contributed by atoms with van der Waals surface area (Å²) < 4.78 is 1.72. The summed E-state index contributed by atoms with van der Waals surface area (Å²) in [7, 11) is 0. The van der Waals surface area contributed by atoms with Crippen molar-refractivity contribution in [1.82, 2.24) is 4.57 Å². The van der Waals surface area contributed by atoms with E-state index in [0.717, 1.165) is 6.42 Å². The first-order valence-corrected chi connectivity index (χ1v) is 7.79. The lowest BCUT2D eigenvalue weighted by Crippen LogP contribution is -2.29. The largest absolute Gasteiger partial charge is 0.328 e. The van der Waals surface area contributed by atoms with Crippen molar-refractivity contribution in [3.63, 3.8) is 0 Å². The standard InChI is InChI=1S/C20H20N2O/c21-15-19(22-12-5-4-11-20(22)23)14-16-7-6-10-18(13-16)17-8-2-1-3-9-17/h1-13,19H,14-15,21H2. The molecule has 1 atom stereocenters. The fourth-order valence-corrected chi connectivity index (χ4v) is 2.82. The van der Waals surface area contributed by atoms with Gasteiger partial charge in [-0.2, -0.15) is 0 Å². The predicted octanol–water partition coefficient (Wildman–Crippen LogP) is 3.26. The normalized spacial score (nSPS) is 12.0. The maximum atomic E-state index is 12.0. The van der Waals surface area contributed by atoms with Gasteiger partial charge < -0.3 is 10.3 Å². The Morgan fingerprint density at radius 1 is 0.870 bits per heavy atom. The number of aromatic nitrogens is 1. The van der Waals surface area contributed by atoms with Crippen LogP contribution < -0.4 is 11.3 Å². The molecule has 0 saturated carbocycles. The Hall–Kier alpha value is -2.65. The Bertz CT molecular complexity index is 824. The minimum atomic E-state index is -0.0327. The van der Waals surface area contributed by atoms with Crippen LogP contribution in [0.3, 0.4) is 0 Å². The molecule has 0 radical (unpaired) electrons. The zero-order chi connectivity index (χ0) is 16.1. The van der Waals surface area contributed by atoms with E-state index in [2.05, 4.69) is 36.4 Å². The molecular weight excluding hydrogens is 284 g/mol. The molecule has 0 aliphatic heterocycles. The van der Waals surface area contributed by atoms with Crippen LogP contribution in [-0.4, -0.2) is 11.1 Å². The zero-order valence-electron chi connectivity index (χ0n) is 12.9. The second-order valence-electron chi connectivity index (χ2n) is 5.61. The number of benzene rings is 2. The van der Waals surface area contributed by atoms with Gasteiger partial charge in [0.1, 0.15) is 0 Å². The number of rotatable bonds is 5. The Balaban J connectivity index is 1.88. The first-order valence-electron chi connectivity index (χ1n) is 7.79. The molecule has 0 bridgehead atoms. The summed E-state index contributed by atoms with van der Waals surface area (Å²) in [6.07, 6.45) is 2.54. The Kier molecular flexibility index (Phi) is 4.69. The van der Waals surface area contributed by atoms with Crippen LogP contribution in [0.4, 0.5) is 0 Å². The molecule has 2 aromatic carbocycles. The van der Waals surface area contributed by atoms with Gasteiger partial charge in [0, 0.05) is 18.8 Å². The fraction of sp³-hybridized carbons (Fsp3) is 0.150. The van der Waals surface area contributed by atoms with E-state index in [0.29, 0.717) is 6.54 Å². The van der Waals surface area contributed by atoms with Crippen LogP contribution in [0.25, 0.3) is 11.1 Å². The summed E-state index contributed by atoms with van der Waals surface area (Å²) in [4.78, 5) is 12.0. The second-order valence-corrected chi connectivity index (χ2v) is 5.61. The summed E-state index contributed by atoms with van der Waals surface area (Å²) in [5, 5.41) is 0. The Labute approximate surface area is 136 Å². The molecule has 1 unspecified atom stereocenters. The van der Waals surface area contributed by atoms with Crippen molar-refractivity contribution >= 4 is 0 Å². The van der Waals surface area contributed by atoms with Crippen molar-refractivity contribution in [3.8, 4) is 11.1 Å². The van der Waals surface area contributed by atoms with Gasteiger partial charge >= 0.3 is 0 Å². The molecule has 116 valence electrons. The lowest BCUT2D eigenvalue weighted by molar-refractivity contribution is 0.493. The summed E-state index contributed by atoms with van der Waals surface area (Å²) in [5.41, 5.74) is 9.45. The summed E-state index contributed by atoms with van der Waals surface area (Å²) in [5.74, 6) is 0. The summed E-state index contributed by atoms with van der Waals surface area (Å²) in [6, 6.07) is 23.9. The molecule has 1 heterocycles. The topological polar surface area (TPSA) is 48.0 Å². The highest BCUT2D eigenvalue weighted by molar-refractivity contribution is 5.63. The Morgan fingerprint density at radius 2 is 1.61 bits per heavy atom. The molecule has 0 aliphatic carbocycles. The lowest BCUT2D eigenvalue weighted by atomic mass is 9.99. The third-order valence-corrected chi connectivity index (χ3v) is 4.02. The van der Waals surface area contributed by atoms with Crippen molar-refractivity contribution in [2.45, 2.75) is 12.5 Å². The van der Waals surface area contributed by atoms with E-state index < -0.39 is 0 Å². The minimum Gasteiger partial charge on any atom is -0.328 e. The highest BCUT2D eigenvalue weighted by Gasteiger charge is 2.11. The van der Waals surface area contributed by atoms with Crippen LogP contribution in [-0.2, 0) is 6.42 Å². The van der Waals surface area contributed by atoms with E-state index in [1.807, 2.05) is 24.3 Å². The fourth-order valence-electron chi connectivity index (χ4n) is 2.82. The average molecular weight is 304 g/mol. The van der Waals surface area contributed by atoms with Gasteiger partial charge in [0.25, 0.3) is 5.56 Å². The molecule has 1 aromatic heterocycles. The van der Waals surface area contributed by atoms with E-state index in [4.69, 9.17) is 5.73 Å². The summed E-state index contributed by atoms with van der Waals surface area (Å²) >= 11 is 0. The van der Waals surface area contributed by atoms with Gasteiger partial charge in [0.15, 0.2) is 0 Å². The Morgan fingerprint density at radius 3 is 2.35 bits per heavy atom. The summed E-state index contributed by atoms with van der Waals surface area (Å²) in [6.45, 7) is 0.430. The van der Waals surface area contributed by atoms with E-state index in [-0.39, 0.29) is 11.6 Å². The van der Waals surface area contributed by atoms with Gasteiger partial charge in [0.2, 0.25) is 0 Å². The molecule has 3 heteroatoms. The van der Waals surface area contributed by atoms with E-state index in [1.54, 1.807) is 22.9 Å². The van der Waals surface area contributed by atoms with Crippen molar-refractivity contribution in [1.29, 1.82) is 0 Å². The molecule has 0 amide bonds. The monoisotopic (exact) mass is 304 g/mol. The van der Waals surface area contributed by atoms with Gasteiger partial charge in [-0.15, -0.1) is 0 Å². The molecule has 0 fully saturated rings. The highest BCUT2D eigenvalue weighted by atomic mass is 16.1. The second kappa shape index (κ2) is 7.07. The van der Waals surface area contributed by atoms with Crippen molar-refractivity contribution in [2.75, 3.05) is 6.54 Å². The molecule has 2 N–H and O–H groups in total. The van der Waals surface area contributed by atoms with Gasteiger partial charge in [0.05, 0.1) is 6.04 Å². The molecule has 0 spiro atoms. The van der Waals surface area contributed by atoms with E-state index in [1.165, 1.54) is 16.7 Å². The number of hydrogen-bond donors (Lipinski definition) is 1. The maximum Gasteiger partial charge on any atom is 0.250 e. The van der Waals surface area contributed by atoms with Crippen LogP contribution in [0.2, 0.25) is 0 Å². The number of pyridine rings is 1. The van der Waals surface area contributed by atoms with Gasteiger partial charge in [-0.25, -0.2) is 0 Å². The molecule has 3 aromatic rings. The van der Waals surface area contributed by atoms with Crippen LogP contribution >= 0.6 is 0 Å². The smallest absolute Gasteiger partial charge is 0.250 e. The first-order chi connectivity index (χ1) is 11.3. The minimum absolute atomic E-state index is 0.0119. The van der Waals surface area contributed by atoms with Crippen LogP contribution in [0.1, 0.15) is 11.6 Å². The van der Waals surface area contributed by atoms with Crippen LogP contribution in [0.5, 0.6) is 0 Å². The van der Waals surface area contributed by atoms with Crippen LogP contribution in [0, 0.1) is 0 Å². The SMILES string of the molecule is NCC(Cc1cccc(-c2ccccc2)c1)n1ccccc1=O. The quantitative estimate of drug-likeness (QED) is 0.786. The average Bonchev–Trinajstić information content (AvgIpc) is 2.61. The van der Waals surface area contributed by atoms with Gasteiger partial charge in [-0.3, -0.25) is 4.79 Å². The van der Waals surface area contributed by atoms with E-state index >= 15 is 0 Å². The van der Waals surface area contributed by atoms with Crippen molar-refractivity contribution < 1.29 is 0 Å². The number of nitrogens with two attached hydrogens (primary N) is 1. The number of nitrogens with zero attached hydrogens (tertiary/aromatic N) is 1. The molecule has 3 nitrogen and oxygen atoms in total. The first kappa shape index (κ1) is 15.3. The third kappa shape index (κ3) is 3.58. The lowest BCUT2D eigenvalue weighted by Gasteiger charge is -2.18. The van der Waals surface area contributed by atoms with E-state index in [9.17, 15) is 4.79 Å². The molecule has 0 aliphatic rings. The molecule has 3 rings (SSSR count). The molecule has 0 saturated heterocycles. The molecular formula is C20H20N2O. The highest BCUT2D eigenvalue weighted by Crippen LogP contribution is 2.22. The number of hydrogen-bond acceptors (Lipinski definition) is 2. The molecule has 23 heavy (non-hydrogen) atoms. The zero-order valence-corrected chi connectivity index (χ0v) is 12.9. The third-order valence-electron chi connectivity index (χ3n) is 4.02. The van der Waals surface area contributed by atoms with Crippen molar-refractivity contribution in [3.05, 3.63) is 94.9 Å².